The summed E-state index contributed by atoms with van der Waals surface area (Å²) in [6.45, 7) is 3.58. The third-order valence-electron chi connectivity index (χ3n) is 1.87. The van der Waals surface area contributed by atoms with Crippen LogP contribution in [0.3, 0.4) is 0 Å². The van der Waals surface area contributed by atoms with Crippen molar-refractivity contribution < 1.29 is 9.59 Å². The molecule has 0 spiro atoms. The summed E-state index contributed by atoms with van der Waals surface area (Å²) in [4.78, 5) is 22.8. The molecule has 0 aromatic carbocycles. The lowest BCUT2D eigenvalue weighted by Crippen LogP contribution is -2.12. The van der Waals surface area contributed by atoms with Gasteiger partial charge in [-0.2, -0.15) is 0 Å². The third kappa shape index (κ3) is 2.93. The van der Waals surface area contributed by atoms with Gasteiger partial charge in [0.05, 0.1) is 10.8 Å². The van der Waals surface area contributed by atoms with Crippen LogP contribution in [0, 0.1) is 5.92 Å². The zero-order valence-electron chi connectivity index (χ0n) is 8.04. The normalized spacial score (nSPS) is 10.6. The van der Waals surface area contributed by atoms with Gasteiger partial charge in [0.15, 0.2) is 5.78 Å². The highest BCUT2D eigenvalue weighted by atomic mass is 35.5. The van der Waals surface area contributed by atoms with Crippen molar-refractivity contribution in [2.45, 2.75) is 20.3 Å². The lowest BCUT2D eigenvalue weighted by Gasteiger charge is -2.01. The molecule has 0 atom stereocenters. The Balaban J connectivity index is 2.64. The average molecular weight is 231 g/mol. The van der Waals surface area contributed by atoms with Crippen LogP contribution in [0.4, 0.5) is 0 Å². The molecule has 0 saturated heterocycles. The maximum Gasteiger partial charge on any atom is 0.171 e. The van der Waals surface area contributed by atoms with E-state index in [4.69, 9.17) is 11.6 Å². The molecule has 0 aliphatic carbocycles. The second kappa shape index (κ2) is 4.71. The molecule has 1 aromatic heterocycles. The molecule has 0 unspecified atom stereocenters. The molecule has 1 aromatic rings. The fourth-order valence-electron chi connectivity index (χ4n) is 0.921. The highest BCUT2D eigenvalue weighted by Gasteiger charge is 2.15. The van der Waals surface area contributed by atoms with Crippen LogP contribution in [-0.2, 0) is 4.79 Å². The van der Waals surface area contributed by atoms with Crippen LogP contribution in [0.1, 0.15) is 30.6 Å². The lowest BCUT2D eigenvalue weighted by atomic mass is 10.0. The molecule has 14 heavy (non-hydrogen) atoms. The minimum absolute atomic E-state index is 0.0231. The fraction of sp³-hybridized carbons (Fsp3) is 0.400. The van der Waals surface area contributed by atoms with E-state index in [9.17, 15) is 9.59 Å². The van der Waals surface area contributed by atoms with Gasteiger partial charge in [0, 0.05) is 16.9 Å². The zero-order valence-corrected chi connectivity index (χ0v) is 9.61. The number of rotatable bonds is 4. The molecule has 0 bridgehead atoms. The van der Waals surface area contributed by atoms with Crippen LogP contribution in [0.25, 0.3) is 0 Å². The van der Waals surface area contributed by atoms with E-state index >= 15 is 0 Å². The molecule has 0 saturated carbocycles. The first kappa shape index (κ1) is 11.4. The maximum absolute atomic E-state index is 11.5. The fourth-order valence-corrected chi connectivity index (χ4v) is 1.81. The number of hydrogen-bond donors (Lipinski definition) is 0. The molecule has 0 fully saturated rings. The first-order valence-electron chi connectivity index (χ1n) is 4.30. The largest absolute Gasteiger partial charge is 0.299 e. The SMILES string of the molecule is CC(C)C(=O)CC(=O)c1csc(Cl)c1. The molecule has 76 valence electrons. The quantitative estimate of drug-likeness (QED) is 0.588. The van der Waals surface area contributed by atoms with Crippen molar-refractivity contribution in [2.24, 2.45) is 5.92 Å². The van der Waals surface area contributed by atoms with Crippen molar-refractivity contribution in [1.29, 1.82) is 0 Å². The number of hydrogen-bond acceptors (Lipinski definition) is 3. The van der Waals surface area contributed by atoms with E-state index in [2.05, 4.69) is 0 Å². The van der Waals surface area contributed by atoms with Crippen molar-refractivity contribution in [3.8, 4) is 0 Å². The van der Waals surface area contributed by atoms with Gasteiger partial charge in [0.25, 0.3) is 0 Å². The van der Waals surface area contributed by atoms with Crippen molar-refractivity contribution in [1.82, 2.24) is 0 Å². The summed E-state index contributed by atoms with van der Waals surface area (Å²) < 4.78 is 0.574. The van der Waals surface area contributed by atoms with Gasteiger partial charge >= 0.3 is 0 Å². The smallest absolute Gasteiger partial charge is 0.171 e. The molecular formula is C10H11ClO2S. The predicted molar refractivity (Wildman–Crippen MR) is 58.1 cm³/mol. The molecule has 0 radical (unpaired) electrons. The van der Waals surface area contributed by atoms with Crippen LogP contribution in [-0.4, -0.2) is 11.6 Å². The maximum atomic E-state index is 11.5. The van der Waals surface area contributed by atoms with Crippen LogP contribution in [0.2, 0.25) is 4.34 Å². The Morgan fingerprint density at radius 1 is 1.50 bits per heavy atom. The predicted octanol–water partition coefficient (Wildman–Crippen LogP) is 3.20. The van der Waals surface area contributed by atoms with Crippen LogP contribution >= 0.6 is 22.9 Å². The second-order valence-electron chi connectivity index (χ2n) is 3.36. The van der Waals surface area contributed by atoms with E-state index in [0.29, 0.717) is 9.90 Å². The Morgan fingerprint density at radius 3 is 2.57 bits per heavy atom. The summed E-state index contributed by atoms with van der Waals surface area (Å²) in [5.41, 5.74) is 0.536. The standard InChI is InChI=1S/C10H11ClO2S/c1-6(2)8(12)4-9(13)7-3-10(11)14-5-7/h3,5-6H,4H2,1-2H3. The zero-order chi connectivity index (χ0) is 10.7. The Hall–Kier alpha value is -0.670. The van der Waals surface area contributed by atoms with Crippen molar-refractivity contribution in [3.63, 3.8) is 0 Å². The number of halogens is 1. The minimum atomic E-state index is -0.146. The van der Waals surface area contributed by atoms with E-state index in [-0.39, 0.29) is 23.9 Å². The Labute approximate surface area is 91.9 Å². The van der Waals surface area contributed by atoms with Gasteiger partial charge in [-0.1, -0.05) is 25.4 Å². The summed E-state index contributed by atoms with van der Waals surface area (Å²) in [6.07, 6.45) is -0.0231. The van der Waals surface area contributed by atoms with Crippen molar-refractivity contribution >= 4 is 34.5 Å². The van der Waals surface area contributed by atoms with Crippen molar-refractivity contribution in [2.75, 3.05) is 0 Å². The van der Waals surface area contributed by atoms with Gasteiger partial charge in [-0.05, 0) is 6.07 Å². The Bertz CT molecular complexity index is 355. The number of carbonyl (C=O) groups is 2. The summed E-state index contributed by atoms with van der Waals surface area (Å²) in [6, 6.07) is 1.60. The third-order valence-corrected chi connectivity index (χ3v) is 2.96. The number of carbonyl (C=O) groups excluding carboxylic acids is 2. The summed E-state index contributed by atoms with van der Waals surface area (Å²) in [5.74, 6) is -0.266. The lowest BCUT2D eigenvalue weighted by molar-refractivity contribution is -0.121. The molecule has 0 aliphatic heterocycles. The van der Waals surface area contributed by atoms with E-state index in [0.717, 1.165) is 0 Å². The van der Waals surface area contributed by atoms with Gasteiger partial charge in [-0.25, -0.2) is 0 Å². The first-order chi connectivity index (χ1) is 6.50. The minimum Gasteiger partial charge on any atom is -0.299 e. The summed E-state index contributed by atoms with van der Waals surface area (Å²) >= 11 is 6.99. The first-order valence-corrected chi connectivity index (χ1v) is 5.56. The highest BCUT2D eigenvalue weighted by molar-refractivity contribution is 7.14. The average Bonchev–Trinajstić information content (AvgIpc) is 2.51. The monoisotopic (exact) mass is 230 g/mol. The number of Topliss-reactive ketones (excluding diaryl/α,β-unsaturated/α-hetero) is 2. The van der Waals surface area contributed by atoms with Gasteiger partial charge in [0.2, 0.25) is 0 Å². The topological polar surface area (TPSA) is 34.1 Å². The van der Waals surface area contributed by atoms with Crippen molar-refractivity contribution in [3.05, 3.63) is 21.3 Å². The molecule has 0 amide bonds. The Morgan fingerprint density at radius 2 is 2.14 bits per heavy atom. The second-order valence-corrected chi connectivity index (χ2v) is 4.90. The Kier molecular flexibility index (Phi) is 3.84. The van der Waals surface area contributed by atoms with Gasteiger partial charge in [0.1, 0.15) is 5.78 Å². The molecule has 0 aliphatic rings. The van der Waals surface area contributed by atoms with Gasteiger partial charge in [-0.3, -0.25) is 9.59 Å². The summed E-state index contributed by atoms with van der Waals surface area (Å²) in [5, 5.41) is 1.68. The van der Waals surface area contributed by atoms with Crippen LogP contribution in [0.5, 0.6) is 0 Å². The molecule has 2 nitrogen and oxygen atoms in total. The van der Waals surface area contributed by atoms with Gasteiger partial charge in [-0.15, -0.1) is 11.3 Å². The molecular weight excluding hydrogens is 220 g/mol. The number of ketones is 2. The molecule has 1 rings (SSSR count). The molecule has 1 heterocycles. The molecule has 0 N–H and O–H groups in total. The highest BCUT2D eigenvalue weighted by Crippen LogP contribution is 2.21. The van der Waals surface area contributed by atoms with Gasteiger partial charge < -0.3 is 0 Å². The van der Waals surface area contributed by atoms with E-state index in [1.807, 2.05) is 0 Å². The number of thiophene rings is 1. The molecule has 4 heteroatoms. The van der Waals surface area contributed by atoms with E-state index in [1.165, 1.54) is 11.3 Å². The summed E-state index contributed by atoms with van der Waals surface area (Å²) in [7, 11) is 0. The van der Waals surface area contributed by atoms with Crippen LogP contribution < -0.4 is 0 Å². The van der Waals surface area contributed by atoms with Crippen LogP contribution in [0.15, 0.2) is 11.4 Å². The van der Waals surface area contributed by atoms with E-state index < -0.39 is 0 Å². The van der Waals surface area contributed by atoms with E-state index in [1.54, 1.807) is 25.3 Å².